The lowest BCUT2D eigenvalue weighted by molar-refractivity contribution is -0.137. The molecule has 0 fully saturated rings. The van der Waals surface area contributed by atoms with Crippen molar-refractivity contribution >= 4 is 22.6 Å². The highest BCUT2D eigenvalue weighted by molar-refractivity contribution is 5.99. The molecule has 0 radical (unpaired) electrons. The molecule has 10 heteroatoms. The summed E-state index contributed by atoms with van der Waals surface area (Å²) >= 11 is 0. The summed E-state index contributed by atoms with van der Waals surface area (Å²) in [6, 6.07) is 6.57. The Labute approximate surface area is 194 Å². The second-order valence-electron chi connectivity index (χ2n) is 8.52. The van der Waals surface area contributed by atoms with Crippen molar-refractivity contribution in [3.8, 4) is 0 Å². The molecule has 4 rings (SSSR count). The standard InChI is InChI=1S/C24H25F3N4O3/c1-12(13(2)32)31(10-17-6-5-16(9-29-17)24(25,26)27)23(33)15-4-7-20-18(8-15)19-11-34-14(3)21(19)22(28)30-20/h4-9,12-14,32H,10-11H2,1-3H3,(H2,28,30)/t12-,13+,14+/m0/s1. The molecule has 1 amide bonds. The molecule has 0 bridgehead atoms. The second kappa shape index (κ2) is 8.84. The van der Waals surface area contributed by atoms with Crippen LogP contribution in [0.15, 0.2) is 36.5 Å². The minimum absolute atomic E-state index is 0.0701. The van der Waals surface area contributed by atoms with Crippen LogP contribution in [0, 0.1) is 0 Å². The Balaban J connectivity index is 1.70. The van der Waals surface area contributed by atoms with Crippen molar-refractivity contribution in [3.05, 3.63) is 64.5 Å². The summed E-state index contributed by atoms with van der Waals surface area (Å²) < 4.78 is 44.3. The molecule has 3 heterocycles. The maximum absolute atomic E-state index is 13.5. The highest BCUT2D eigenvalue weighted by Crippen LogP contribution is 2.38. The number of rotatable bonds is 5. The smallest absolute Gasteiger partial charge is 0.391 e. The van der Waals surface area contributed by atoms with Crippen LogP contribution in [0.5, 0.6) is 0 Å². The Hall–Kier alpha value is -3.24. The number of hydrogen-bond donors (Lipinski definition) is 2. The summed E-state index contributed by atoms with van der Waals surface area (Å²) in [5, 5.41) is 10.9. The molecule has 0 aliphatic carbocycles. The van der Waals surface area contributed by atoms with Gasteiger partial charge in [-0.1, -0.05) is 0 Å². The number of ether oxygens (including phenoxy) is 1. The van der Waals surface area contributed by atoms with E-state index in [4.69, 9.17) is 10.5 Å². The number of aliphatic hydroxyl groups excluding tert-OH is 1. The van der Waals surface area contributed by atoms with E-state index in [2.05, 4.69) is 9.97 Å². The van der Waals surface area contributed by atoms with Gasteiger partial charge in [0.1, 0.15) is 5.82 Å². The van der Waals surface area contributed by atoms with Crippen molar-refractivity contribution in [2.75, 3.05) is 5.73 Å². The average molecular weight is 474 g/mol. The van der Waals surface area contributed by atoms with Crippen molar-refractivity contribution in [2.45, 2.75) is 58.3 Å². The molecule has 1 aromatic carbocycles. The number of anilines is 1. The van der Waals surface area contributed by atoms with E-state index in [0.29, 0.717) is 23.5 Å². The van der Waals surface area contributed by atoms with E-state index >= 15 is 0 Å². The van der Waals surface area contributed by atoms with Crippen LogP contribution in [0.2, 0.25) is 0 Å². The molecule has 3 N–H and O–H groups in total. The van der Waals surface area contributed by atoms with Gasteiger partial charge in [0.2, 0.25) is 0 Å². The van der Waals surface area contributed by atoms with Crippen LogP contribution in [0.4, 0.5) is 19.0 Å². The number of halogens is 3. The zero-order valence-electron chi connectivity index (χ0n) is 18.9. The van der Waals surface area contributed by atoms with Crippen LogP contribution in [-0.2, 0) is 24.1 Å². The Bertz CT molecular complexity index is 1230. The van der Waals surface area contributed by atoms with E-state index < -0.39 is 29.8 Å². The van der Waals surface area contributed by atoms with Gasteiger partial charge in [-0.25, -0.2) is 4.98 Å². The molecule has 180 valence electrons. The zero-order chi connectivity index (χ0) is 24.8. The van der Waals surface area contributed by atoms with Crippen LogP contribution in [0.25, 0.3) is 10.9 Å². The van der Waals surface area contributed by atoms with Crippen molar-refractivity contribution in [1.82, 2.24) is 14.9 Å². The van der Waals surface area contributed by atoms with Gasteiger partial charge in [0.25, 0.3) is 5.91 Å². The number of nitrogens with two attached hydrogens (primary N) is 1. The van der Waals surface area contributed by atoms with E-state index in [1.165, 1.54) is 11.0 Å². The molecule has 0 spiro atoms. The first-order chi connectivity index (χ1) is 16.0. The molecule has 0 unspecified atom stereocenters. The number of fused-ring (bicyclic) bond motifs is 3. The minimum atomic E-state index is -4.50. The Morgan fingerprint density at radius 3 is 2.65 bits per heavy atom. The predicted octanol–water partition coefficient (Wildman–Crippen LogP) is 4.23. The molecule has 34 heavy (non-hydrogen) atoms. The predicted molar refractivity (Wildman–Crippen MR) is 120 cm³/mol. The van der Waals surface area contributed by atoms with E-state index in [-0.39, 0.29) is 18.3 Å². The second-order valence-corrected chi connectivity index (χ2v) is 8.52. The number of nitrogens with zero attached hydrogens (tertiary/aromatic N) is 3. The maximum atomic E-state index is 13.5. The lowest BCUT2D eigenvalue weighted by Gasteiger charge is -2.31. The minimum Gasteiger partial charge on any atom is -0.391 e. The van der Waals surface area contributed by atoms with Gasteiger partial charge in [-0.2, -0.15) is 13.2 Å². The van der Waals surface area contributed by atoms with Gasteiger partial charge in [0.05, 0.1) is 48.2 Å². The number of aromatic nitrogens is 2. The number of carbonyl (C=O) groups excluding carboxylic acids is 1. The first-order valence-corrected chi connectivity index (χ1v) is 10.8. The highest BCUT2D eigenvalue weighted by Gasteiger charge is 2.32. The number of benzene rings is 1. The average Bonchev–Trinajstić information content (AvgIpc) is 3.18. The number of nitrogen functional groups attached to an aromatic ring is 1. The van der Waals surface area contributed by atoms with Crippen molar-refractivity contribution in [3.63, 3.8) is 0 Å². The van der Waals surface area contributed by atoms with Gasteiger partial charge in [0, 0.05) is 22.7 Å². The van der Waals surface area contributed by atoms with E-state index in [1.807, 2.05) is 6.92 Å². The van der Waals surface area contributed by atoms with E-state index in [1.54, 1.807) is 32.0 Å². The third kappa shape index (κ3) is 4.43. The first-order valence-electron chi connectivity index (χ1n) is 10.8. The van der Waals surface area contributed by atoms with Crippen LogP contribution in [-0.4, -0.2) is 38.0 Å². The molecule has 1 aliphatic rings. The van der Waals surface area contributed by atoms with Gasteiger partial charge in [0.15, 0.2) is 0 Å². The zero-order valence-corrected chi connectivity index (χ0v) is 18.9. The third-order valence-electron chi connectivity index (χ3n) is 6.23. The highest BCUT2D eigenvalue weighted by atomic mass is 19.4. The Morgan fingerprint density at radius 2 is 2.03 bits per heavy atom. The number of pyridine rings is 2. The van der Waals surface area contributed by atoms with Crippen LogP contribution < -0.4 is 5.73 Å². The molecule has 1 aliphatic heterocycles. The fraction of sp³-hybridized carbons (Fsp3) is 0.375. The summed E-state index contributed by atoms with van der Waals surface area (Å²) in [6.45, 7) is 5.38. The van der Waals surface area contributed by atoms with Gasteiger partial charge >= 0.3 is 6.18 Å². The number of hydrogen-bond acceptors (Lipinski definition) is 6. The topological polar surface area (TPSA) is 102 Å². The molecule has 2 aromatic heterocycles. The molecular weight excluding hydrogens is 449 g/mol. The van der Waals surface area contributed by atoms with Crippen LogP contribution >= 0.6 is 0 Å². The summed E-state index contributed by atoms with van der Waals surface area (Å²) in [5.41, 5.74) is 8.16. The van der Waals surface area contributed by atoms with Crippen LogP contribution in [0.1, 0.15) is 59.6 Å². The number of alkyl halides is 3. The summed E-state index contributed by atoms with van der Waals surface area (Å²) in [7, 11) is 0. The largest absolute Gasteiger partial charge is 0.417 e. The molecular formula is C24H25F3N4O3. The lowest BCUT2D eigenvalue weighted by Crippen LogP contribution is -2.44. The monoisotopic (exact) mass is 474 g/mol. The van der Waals surface area contributed by atoms with Gasteiger partial charge in [-0.3, -0.25) is 9.78 Å². The maximum Gasteiger partial charge on any atom is 0.417 e. The van der Waals surface area contributed by atoms with Gasteiger partial charge < -0.3 is 20.5 Å². The lowest BCUT2D eigenvalue weighted by atomic mass is 9.99. The van der Waals surface area contributed by atoms with Gasteiger partial charge in [-0.05, 0) is 56.7 Å². The Kier molecular flexibility index (Phi) is 6.22. The molecule has 0 saturated carbocycles. The quantitative estimate of drug-likeness (QED) is 0.574. The number of aliphatic hydroxyl groups is 1. The van der Waals surface area contributed by atoms with Crippen molar-refractivity contribution in [2.24, 2.45) is 0 Å². The SMILES string of the molecule is C[C@H]1OCc2c1c(N)nc1ccc(C(=O)N(Cc3ccc(C(F)(F)F)cn3)[C@@H](C)[C@@H](C)O)cc21. The molecule has 7 nitrogen and oxygen atoms in total. The molecule has 3 atom stereocenters. The van der Waals surface area contributed by atoms with E-state index in [0.717, 1.165) is 28.8 Å². The fourth-order valence-corrected chi connectivity index (χ4v) is 4.09. The first kappa shape index (κ1) is 23.9. The normalized spacial score (nSPS) is 17.4. The van der Waals surface area contributed by atoms with Crippen LogP contribution in [0.3, 0.4) is 0 Å². The summed E-state index contributed by atoms with van der Waals surface area (Å²) in [6.07, 6.45) is -4.85. The van der Waals surface area contributed by atoms with Gasteiger partial charge in [-0.15, -0.1) is 0 Å². The van der Waals surface area contributed by atoms with Crippen molar-refractivity contribution in [1.29, 1.82) is 0 Å². The Morgan fingerprint density at radius 1 is 1.29 bits per heavy atom. The summed E-state index contributed by atoms with van der Waals surface area (Å²) in [4.78, 5) is 23.2. The molecule has 0 saturated heterocycles. The third-order valence-corrected chi connectivity index (χ3v) is 6.23. The molecule has 3 aromatic rings. The number of amides is 1. The van der Waals surface area contributed by atoms with Crippen molar-refractivity contribution < 1.29 is 27.8 Å². The van der Waals surface area contributed by atoms with E-state index in [9.17, 15) is 23.1 Å². The number of carbonyl (C=O) groups is 1. The summed E-state index contributed by atoms with van der Waals surface area (Å²) in [5.74, 6) is -0.00107. The fourth-order valence-electron chi connectivity index (χ4n) is 4.09.